The normalized spacial score (nSPS) is 17.7. The van der Waals surface area contributed by atoms with Crippen LogP contribution in [-0.4, -0.2) is 29.7 Å². The van der Waals surface area contributed by atoms with Crippen LogP contribution in [-0.2, 0) is 12.0 Å². The number of nitrogens with zero attached hydrogens (tertiary/aromatic N) is 1. The molecule has 3 rings (SSSR count). The highest BCUT2D eigenvalue weighted by molar-refractivity contribution is 5.30. The average molecular weight is 271 g/mol. The van der Waals surface area contributed by atoms with Crippen molar-refractivity contribution in [2.75, 3.05) is 19.7 Å². The zero-order valence-electron chi connectivity index (χ0n) is 11.3. The first-order valence-electron chi connectivity index (χ1n) is 6.85. The van der Waals surface area contributed by atoms with Crippen molar-refractivity contribution in [2.45, 2.75) is 12.0 Å². The molecular weight excluding hydrogens is 253 g/mol. The lowest BCUT2D eigenvalue weighted by molar-refractivity contribution is 0.0139. The Labute approximate surface area is 118 Å². The predicted octanol–water partition coefficient (Wildman–Crippen LogP) is 2.57. The van der Waals surface area contributed by atoms with Crippen molar-refractivity contribution in [1.29, 1.82) is 0 Å². The maximum Gasteiger partial charge on any atom is 0.123 e. The molecule has 0 atom stereocenters. The van der Waals surface area contributed by atoms with E-state index in [9.17, 15) is 9.50 Å². The molecule has 0 radical (unpaired) electrons. The van der Waals surface area contributed by atoms with Gasteiger partial charge in [0, 0.05) is 25.0 Å². The summed E-state index contributed by atoms with van der Waals surface area (Å²) in [7, 11) is 0. The van der Waals surface area contributed by atoms with Crippen molar-refractivity contribution in [1.82, 2.24) is 4.90 Å². The van der Waals surface area contributed by atoms with Crippen LogP contribution in [0.2, 0.25) is 0 Å². The molecule has 2 aromatic rings. The van der Waals surface area contributed by atoms with Gasteiger partial charge in [-0.3, -0.25) is 4.90 Å². The average Bonchev–Trinajstić information content (AvgIpc) is 2.43. The van der Waals surface area contributed by atoms with Gasteiger partial charge in [-0.15, -0.1) is 0 Å². The van der Waals surface area contributed by atoms with Gasteiger partial charge in [0.1, 0.15) is 5.82 Å². The smallest absolute Gasteiger partial charge is 0.123 e. The summed E-state index contributed by atoms with van der Waals surface area (Å²) in [6.45, 7) is 2.50. The molecule has 1 fully saturated rings. The summed E-state index contributed by atoms with van der Waals surface area (Å²) >= 11 is 0. The van der Waals surface area contributed by atoms with Crippen molar-refractivity contribution in [3.05, 3.63) is 71.5 Å². The van der Waals surface area contributed by atoms with Crippen molar-refractivity contribution in [2.24, 2.45) is 0 Å². The molecule has 1 heterocycles. The van der Waals surface area contributed by atoms with Crippen molar-refractivity contribution in [3.63, 3.8) is 0 Å². The number of aliphatic hydroxyl groups is 1. The molecule has 1 aliphatic heterocycles. The van der Waals surface area contributed by atoms with Crippen LogP contribution in [0.25, 0.3) is 0 Å². The molecule has 1 aliphatic rings. The van der Waals surface area contributed by atoms with E-state index in [1.807, 2.05) is 24.3 Å². The van der Waals surface area contributed by atoms with Crippen LogP contribution >= 0.6 is 0 Å². The minimum Gasteiger partial charge on any atom is -0.395 e. The number of likely N-dealkylation sites (tertiary alicyclic amines) is 1. The molecule has 0 unspecified atom stereocenters. The number of benzene rings is 2. The van der Waals surface area contributed by atoms with E-state index < -0.39 is 0 Å². The highest BCUT2D eigenvalue weighted by Gasteiger charge is 2.43. The summed E-state index contributed by atoms with van der Waals surface area (Å²) in [5.41, 5.74) is 2.00. The minimum absolute atomic E-state index is 0.149. The van der Waals surface area contributed by atoms with E-state index in [0.29, 0.717) is 0 Å². The maximum atomic E-state index is 13.2. The molecule has 2 nitrogen and oxygen atoms in total. The molecule has 1 N–H and O–H groups in total. The maximum absolute atomic E-state index is 13.2. The lowest BCUT2D eigenvalue weighted by Crippen LogP contribution is -2.60. The lowest BCUT2D eigenvalue weighted by atomic mass is 9.74. The molecule has 0 saturated carbocycles. The Morgan fingerprint density at radius 1 is 1.05 bits per heavy atom. The van der Waals surface area contributed by atoms with E-state index in [4.69, 9.17) is 0 Å². The van der Waals surface area contributed by atoms with Gasteiger partial charge in [-0.05, 0) is 23.3 Å². The van der Waals surface area contributed by atoms with Crippen LogP contribution in [0, 0.1) is 5.82 Å². The fraction of sp³-hybridized carbons (Fsp3) is 0.294. The van der Waals surface area contributed by atoms with E-state index in [1.165, 1.54) is 11.6 Å². The zero-order chi connectivity index (χ0) is 14.0. The minimum atomic E-state index is -0.195. The molecule has 1 saturated heterocycles. The van der Waals surface area contributed by atoms with Crippen LogP contribution in [0.4, 0.5) is 4.39 Å². The second-order valence-electron chi connectivity index (χ2n) is 5.58. The third-order valence-electron chi connectivity index (χ3n) is 4.04. The van der Waals surface area contributed by atoms with Gasteiger partial charge in [0.15, 0.2) is 0 Å². The zero-order valence-corrected chi connectivity index (χ0v) is 11.3. The topological polar surface area (TPSA) is 23.5 Å². The second kappa shape index (κ2) is 5.35. The van der Waals surface area contributed by atoms with E-state index in [1.54, 1.807) is 12.1 Å². The van der Waals surface area contributed by atoms with Crippen molar-refractivity contribution in [3.8, 4) is 0 Å². The quantitative estimate of drug-likeness (QED) is 0.924. The Morgan fingerprint density at radius 2 is 1.80 bits per heavy atom. The van der Waals surface area contributed by atoms with Crippen molar-refractivity contribution < 1.29 is 9.50 Å². The van der Waals surface area contributed by atoms with Crippen LogP contribution in [0.1, 0.15) is 11.1 Å². The van der Waals surface area contributed by atoms with Crippen LogP contribution < -0.4 is 0 Å². The third-order valence-corrected chi connectivity index (χ3v) is 4.04. The molecular formula is C17H18FNO. The van der Waals surface area contributed by atoms with E-state index >= 15 is 0 Å². The Balaban J connectivity index is 1.68. The van der Waals surface area contributed by atoms with E-state index in [2.05, 4.69) is 17.0 Å². The Morgan fingerprint density at radius 3 is 2.45 bits per heavy atom. The van der Waals surface area contributed by atoms with Crippen molar-refractivity contribution >= 4 is 0 Å². The summed E-state index contributed by atoms with van der Waals surface area (Å²) in [6, 6.07) is 16.8. The van der Waals surface area contributed by atoms with Gasteiger partial charge < -0.3 is 5.11 Å². The van der Waals surface area contributed by atoms with E-state index in [0.717, 1.165) is 25.2 Å². The first-order valence-corrected chi connectivity index (χ1v) is 6.85. The highest BCUT2D eigenvalue weighted by atomic mass is 19.1. The van der Waals surface area contributed by atoms with Gasteiger partial charge in [-0.1, -0.05) is 42.5 Å². The standard InChI is InChI=1S/C17H18FNO/c18-16-8-4-5-14(9-16)10-19-11-17(12-19,13-20)15-6-2-1-3-7-15/h1-9,20H,10-13H2. The molecule has 20 heavy (non-hydrogen) atoms. The van der Waals surface area contributed by atoms with Crippen LogP contribution in [0.5, 0.6) is 0 Å². The molecule has 0 spiro atoms. The lowest BCUT2D eigenvalue weighted by Gasteiger charge is -2.49. The van der Waals surface area contributed by atoms with Gasteiger partial charge in [0.05, 0.1) is 6.61 Å². The second-order valence-corrected chi connectivity index (χ2v) is 5.58. The van der Waals surface area contributed by atoms with Gasteiger partial charge in [0.2, 0.25) is 0 Å². The highest BCUT2D eigenvalue weighted by Crippen LogP contribution is 2.35. The molecule has 3 heteroatoms. The van der Waals surface area contributed by atoms with Crippen LogP contribution in [0.3, 0.4) is 0 Å². The summed E-state index contributed by atoms with van der Waals surface area (Å²) < 4.78 is 13.2. The fourth-order valence-corrected chi connectivity index (χ4v) is 2.98. The molecule has 2 aromatic carbocycles. The monoisotopic (exact) mass is 271 g/mol. The predicted molar refractivity (Wildman–Crippen MR) is 76.9 cm³/mol. The van der Waals surface area contributed by atoms with Gasteiger partial charge in [-0.2, -0.15) is 0 Å². The number of hydrogen-bond acceptors (Lipinski definition) is 2. The van der Waals surface area contributed by atoms with Gasteiger partial charge in [0.25, 0.3) is 0 Å². The van der Waals surface area contributed by atoms with Gasteiger partial charge >= 0.3 is 0 Å². The summed E-state index contributed by atoms with van der Waals surface area (Å²) in [4.78, 5) is 2.23. The number of hydrogen-bond donors (Lipinski definition) is 1. The third kappa shape index (κ3) is 2.47. The van der Waals surface area contributed by atoms with Crippen LogP contribution in [0.15, 0.2) is 54.6 Å². The fourth-order valence-electron chi connectivity index (χ4n) is 2.98. The molecule has 0 aliphatic carbocycles. The molecule has 0 bridgehead atoms. The molecule has 0 amide bonds. The first-order chi connectivity index (χ1) is 9.72. The summed E-state index contributed by atoms with van der Waals surface area (Å²) in [6.07, 6.45) is 0. The Hall–Kier alpha value is -1.71. The molecule has 0 aromatic heterocycles. The Bertz CT molecular complexity index is 579. The Kier molecular flexibility index (Phi) is 3.55. The summed E-state index contributed by atoms with van der Waals surface area (Å²) in [5, 5.41) is 9.73. The summed E-state index contributed by atoms with van der Waals surface area (Å²) in [5.74, 6) is -0.195. The number of halogens is 1. The number of rotatable bonds is 4. The molecule has 104 valence electrons. The SMILES string of the molecule is OCC1(c2ccccc2)CN(Cc2cccc(F)c2)C1. The van der Waals surface area contributed by atoms with Gasteiger partial charge in [-0.25, -0.2) is 4.39 Å². The largest absolute Gasteiger partial charge is 0.395 e. The first kappa shape index (κ1) is 13.3. The van der Waals surface area contributed by atoms with E-state index in [-0.39, 0.29) is 17.8 Å². The number of aliphatic hydroxyl groups excluding tert-OH is 1.